The van der Waals surface area contributed by atoms with E-state index in [1.807, 2.05) is 49.9 Å². The summed E-state index contributed by atoms with van der Waals surface area (Å²) < 4.78 is 1.80. The zero-order valence-corrected chi connectivity index (χ0v) is 17.8. The first-order valence-corrected chi connectivity index (χ1v) is 10.9. The van der Waals surface area contributed by atoms with Crippen molar-refractivity contribution in [1.29, 1.82) is 0 Å². The first-order chi connectivity index (χ1) is 15.1. The number of benzene rings is 2. The van der Waals surface area contributed by atoms with Gasteiger partial charge in [0.15, 0.2) is 5.78 Å². The molecule has 5 nitrogen and oxygen atoms in total. The third kappa shape index (κ3) is 4.42. The van der Waals surface area contributed by atoms with Gasteiger partial charge in [0.05, 0.1) is 12.6 Å². The topological polar surface area (TPSA) is 51.0 Å². The van der Waals surface area contributed by atoms with Crippen molar-refractivity contribution in [3.05, 3.63) is 83.9 Å². The number of likely N-dealkylation sites (tertiary alicyclic amines) is 1. The van der Waals surface area contributed by atoms with E-state index >= 15 is 0 Å². The van der Waals surface area contributed by atoms with Crippen LogP contribution in [0.2, 0.25) is 0 Å². The summed E-state index contributed by atoms with van der Waals surface area (Å²) in [5, 5.41) is 6.41. The van der Waals surface area contributed by atoms with Gasteiger partial charge >= 0.3 is 0 Å². The van der Waals surface area contributed by atoms with Gasteiger partial charge in [-0.25, -0.2) is 0 Å². The van der Waals surface area contributed by atoms with Crippen molar-refractivity contribution in [2.45, 2.75) is 25.8 Å². The third-order valence-corrected chi connectivity index (χ3v) is 6.01. The summed E-state index contributed by atoms with van der Waals surface area (Å²) in [5.74, 6) is 0.110. The number of ketones is 1. The van der Waals surface area contributed by atoms with Crippen LogP contribution in [-0.4, -0.2) is 38.5 Å². The maximum atomic E-state index is 13.0. The fourth-order valence-corrected chi connectivity index (χ4v) is 4.34. The van der Waals surface area contributed by atoms with Crippen LogP contribution in [0.25, 0.3) is 21.9 Å². The van der Waals surface area contributed by atoms with Gasteiger partial charge in [-0.3, -0.25) is 19.4 Å². The Kier molecular flexibility index (Phi) is 5.35. The monoisotopic (exact) mass is 410 g/mol. The Morgan fingerprint density at radius 1 is 0.968 bits per heavy atom. The number of pyridine rings is 1. The highest BCUT2D eigenvalue weighted by Gasteiger charge is 2.14. The van der Waals surface area contributed by atoms with E-state index in [1.54, 1.807) is 4.68 Å². The Bertz CT molecular complexity index is 1240. The Balaban J connectivity index is 1.35. The quantitative estimate of drug-likeness (QED) is 0.434. The minimum Gasteiger partial charge on any atom is -0.299 e. The number of aryl methyl sites for hydroxylation is 1. The van der Waals surface area contributed by atoms with Crippen molar-refractivity contribution < 1.29 is 4.79 Å². The van der Waals surface area contributed by atoms with Crippen LogP contribution in [0, 0.1) is 0 Å². The highest BCUT2D eigenvalue weighted by Crippen LogP contribution is 2.24. The molecule has 31 heavy (non-hydrogen) atoms. The molecule has 0 radical (unpaired) electrons. The highest BCUT2D eigenvalue weighted by molar-refractivity contribution is 5.98. The molecule has 3 heterocycles. The second-order valence-corrected chi connectivity index (χ2v) is 8.42. The van der Waals surface area contributed by atoms with Crippen LogP contribution in [0.5, 0.6) is 0 Å². The van der Waals surface area contributed by atoms with E-state index < -0.39 is 0 Å². The molecule has 5 rings (SSSR count). The average Bonchev–Trinajstić information content (AvgIpc) is 3.45. The third-order valence-electron chi connectivity index (χ3n) is 6.01. The molecule has 2 aromatic carbocycles. The fourth-order valence-electron chi connectivity index (χ4n) is 4.34. The molecule has 1 fully saturated rings. The van der Waals surface area contributed by atoms with Crippen LogP contribution in [0.1, 0.15) is 34.5 Å². The smallest absolute Gasteiger partial charge is 0.168 e. The molecule has 0 N–H and O–H groups in total. The van der Waals surface area contributed by atoms with Gasteiger partial charge in [0.1, 0.15) is 0 Å². The summed E-state index contributed by atoms with van der Waals surface area (Å²) in [7, 11) is 1.91. The Morgan fingerprint density at radius 3 is 2.65 bits per heavy atom. The molecule has 0 spiro atoms. The lowest BCUT2D eigenvalue weighted by molar-refractivity contribution is 0.0992. The first-order valence-electron chi connectivity index (χ1n) is 10.9. The van der Waals surface area contributed by atoms with Crippen molar-refractivity contribution in [2.24, 2.45) is 7.05 Å². The minimum absolute atomic E-state index is 0.110. The van der Waals surface area contributed by atoms with Gasteiger partial charge in [0.25, 0.3) is 0 Å². The van der Waals surface area contributed by atoms with Gasteiger partial charge in [0, 0.05) is 48.2 Å². The second kappa shape index (κ2) is 8.44. The molecule has 1 saturated heterocycles. The van der Waals surface area contributed by atoms with Crippen LogP contribution in [0.4, 0.5) is 0 Å². The van der Waals surface area contributed by atoms with Crippen molar-refractivity contribution in [2.75, 3.05) is 13.1 Å². The summed E-state index contributed by atoms with van der Waals surface area (Å²) in [4.78, 5) is 20.0. The average molecular weight is 411 g/mol. The summed E-state index contributed by atoms with van der Waals surface area (Å²) in [5.41, 5.74) is 4.96. The van der Waals surface area contributed by atoms with Crippen molar-refractivity contribution >= 4 is 16.6 Å². The summed E-state index contributed by atoms with van der Waals surface area (Å²) >= 11 is 0. The van der Waals surface area contributed by atoms with Gasteiger partial charge in [0.2, 0.25) is 0 Å². The summed E-state index contributed by atoms with van der Waals surface area (Å²) in [6.07, 6.45) is 8.57. The number of carbonyl (C=O) groups excluding carboxylic acids is 1. The molecule has 0 atom stereocenters. The van der Waals surface area contributed by atoms with E-state index in [-0.39, 0.29) is 5.78 Å². The summed E-state index contributed by atoms with van der Waals surface area (Å²) in [6.45, 7) is 3.23. The number of nitrogens with zero attached hydrogens (tertiary/aromatic N) is 4. The van der Waals surface area contributed by atoms with Gasteiger partial charge in [-0.05, 0) is 60.6 Å². The van der Waals surface area contributed by atoms with Crippen molar-refractivity contribution in [3.63, 3.8) is 0 Å². The SMILES string of the molecule is Cn1cc(-c2ccc3cnc(CC(=O)c4cccc(CN5CCCC5)c4)cc3c2)cn1. The van der Waals surface area contributed by atoms with E-state index in [9.17, 15) is 4.79 Å². The molecule has 0 aliphatic carbocycles. The number of aromatic nitrogens is 3. The molecule has 0 unspecified atom stereocenters. The van der Waals surface area contributed by atoms with Crippen LogP contribution < -0.4 is 0 Å². The maximum absolute atomic E-state index is 13.0. The number of Topliss-reactive ketones (excluding diaryl/α,β-unsaturated/α-hetero) is 1. The van der Waals surface area contributed by atoms with Crippen molar-refractivity contribution in [1.82, 2.24) is 19.7 Å². The first kappa shape index (κ1) is 19.6. The Hall–Kier alpha value is -3.31. The minimum atomic E-state index is 0.110. The second-order valence-electron chi connectivity index (χ2n) is 8.42. The van der Waals surface area contributed by atoms with E-state index in [0.29, 0.717) is 6.42 Å². The molecule has 0 bridgehead atoms. The number of hydrogen-bond donors (Lipinski definition) is 0. The molecule has 1 aliphatic heterocycles. The van der Waals surface area contributed by atoms with E-state index in [4.69, 9.17) is 0 Å². The normalized spacial score (nSPS) is 14.4. The fraction of sp³-hybridized carbons (Fsp3) is 0.269. The lowest BCUT2D eigenvalue weighted by atomic mass is 10.0. The van der Waals surface area contributed by atoms with E-state index in [1.165, 1.54) is 18.4 Å². The van der Waals surface area contributed by atoms with Gasteiger partial charge in [-0.1, -0.05) is 30.3 Å². The highest BCUT2D eigenvalue weighted by atomic mass is 16.1. The van der Waals surface area contributed by atoms with Crippen LogP contribution in [0.15, 0.2) is 67.1 Å². The largest absolute Gasteiger partial charge is 0.299 e. The van der Waals surface area contributed by atoms with Gasteiger partial charge in [-0.2, -0.15) is 5.10 Å². The zero-order valence-electron chi connectivity index (χ0n) is 17.8. The Labute approximate surface area is 182 Å². The summed E-state index contributed by atoms with van der Waals surface area (Å²) in [6, 6.07) is 16.4. The van der Waals surface area contributed by atoms with Crippen LogP contribution in [0.3, 0.4) is 0 Å². The lowest BCUT2D eigenvalue weighted by Crippen LogP contribution is -2.18. The number of hydrogen-bond acceptors (Lipinski definition) is 4. The predicted molar refractivity (Wildman–Crippen MR) is 123 cm³/mol. The lowest BCUT2D eigenvalue weighted by Gasteiger charge is -2.15. The number of carbonyl (C=O) groups is 1. The molecule has 0 saturated carbocycles. The molecule has 0 amide bonds. The number of rotatable bonds is 6. The molecular formula is C26H26N4O. The molecule has 2 aromatic heterocycles. The van der Waals surface area contributed by atoms with Crippen LogP contribution in [-0.2, 0) is 20.0 Å². The van der Waals surface area contributed by atoms with E-state index in [0.717, 1.165) is 52.8 Å². The van der Waals surface area contributed by atoms with Gasteiger partial charge < -0.3 is 0 Å². The van der Waals surface area contributed by atoms with E-state index in [2.05, 4.69) is 39.2 Å². The molecule has 4 aromatic rings. The molecule has 1 aliphatic rings. The zero-order chi connectivity index (χ0) is 21.2. The number of fused-ring (bicyclic) bond motifs is 1. The molecule has 5 heteroatoms. The molecular weight excluding hydrogens is 384 g/mol. The Morgan fingerprint density at radius 2 is 1.84 bits per heavy atom. The maximum Gasteiger partial charge on any atom is 0.168 e. The standard InChI is InChI=1S/C26H26N4O/c1-29-18-24(16-28-29)20-7-8-22-15-27-25(13-23(22)12-20)14-26(31)21-6-4-5-19(11-21)17-30-9-2-3-10-30/h4-8,11-13,15-16,18H,2-3,9-10,14,17H2,1H3. The van der Waals surface area contributed by atoms with Gasteiger partial charge in [-0.15, -0.1) is 0 Å². The van der Waals surface area contributed by atoms with Crippen molar-refractivity contribution in [3.8, 4) is 11.1 Å². The molecule has 156 valence electrons. The predicted octanol–water partition coefficient (Wildman–Crippen LogP) is 4.66. The van der Waals surface area contributed by atoms with Crippen LogP contribution >= 0.6 is 0 Å².